The van der Waals surface area contributed by atoms with Crippen LogP contribution in [0.15, 0.2) is 72.8 Å². The second-order valence-electron chi connectivity index (χ2n) is 7.09. The number of hydrogen-bond acceptors (Lipinski definition) is 4. The van der Waals surface area contributed by atoms with Crippen molar-refractivity contribution >= 4 is 46.0 Å². The summed E-state index contributed by atoms with van der Waals surface area (Å²) in [5, 5.41) is 5.56. The van der Waals surface area contributed by atoms with E-state index in [0.717, 1.165) is 16.9 Å². The van der Waals surface area contributed by atoms with Crippen LogP contribution in [0.5, 0.6) is 0 Å². The Hall–Kier alpha value is -3.65. The predicted octanol–water partition coefficient (Wildman–Crippen LogP) is 4.93. The molecule has 0 aliphatic carbocycles. The number of carbonyl (C=O) groups excluding carboxylic acids is 2. The van der Waals surface area contributed by atoms with Crippen molar-refractivity contribution in [2.24, 2.45) is 0 Å². The number of halogens is 1. The van der Waals surface area contributed by atoms with Gasteiger partial charge < -0.3 is 15.2 Å². The third kappa shape index (κ3) is 4.81. The van der Waals surface area contributed by atoms with Crippen LogP contribution in [0.4, 0.5) is 15.8 Å². The summed E-state index contributed by atoms with van der Waals surface area (Å²) in [6, 6.07) is 19.9. The molecule has 0 radical (unpaired) electrons. The molecular weight excluding hydrogens is 427 g/mol. The first-order valence-corrected chi connectivity index (χ1v) is 11.3. The molecule has 0 atom stereocenters. The van der Waals surface area contributed by atoms with Crippen molar-refractivity contribution in [3.05, 3.63) is 90.0 Å². The van der Waals surface area contributed by atoms with E-state index in [4.69, 9.17) is 0 Å². The summed E-state index contributed by atoms with van der Waals surface area (Å²) >= 11 is 1.63. The molecule has 4 rings (SSSR count). The molecule has 2 amide bonds. The lowest BCUT2D eigenvalue weighted by Crippen LogP contribution is -2.22. The summed E-state index contributed by atoms with van der Waals surface area (Å²) in [6.07, 6.45) is 1.99. The number of carbonyl (C=O) groups is 2. The molecule has 1 aromatic heterocycles. The van der Waals surface area contributed by atoms with Crippen LogP contribution in [0.25, 0.3) is 11.0 Å². The standard InChI is InChI=1S/C24H21FN4O2S/c1-32-15-22-27-20-8-4-5-9-21(20)29(22)14-23(30)28-19-7-3-2-6-18(19)24(31)26-17-12-10-16(25)11-13-17/h2-13H,14-15H2,1H3,(H,26,31)(H,28,30). The maximum absolute atomic E-state index is 13.1. The van der Waals surface area contributed by atoms with Crippen molar-refractivity contribution in [1.82, 2.24) is 9.55 Å². The molecule has 8 heteroatoms. The lowest BCUT2D eigenvalue weighted by atomic mass is 10.1. The van der Waals surface area contributed by atoms with Gasteiger partial charge in [0.2, 0.25) is 5.91 Å². The molecule has 0 fully saturated rings. The summed E-state index contributed by atoms with van der Waals surface area (Å²) in [7, 11) is 0. The number of imidazole rings is 1. The largest absolute Gasteiger partial charge is 0.324 e. The zero-order valence-corrected chi connectivity index (χ0v) is 18.2. The topological polar surface area (TPSA) is 76.0 Å². The van der Waals surface area contributed by atoms with Crippen molar-refractivity contribution in [3.63, 3.8) is 0 Å². The van der Waals surface area contributed by atoms with E-state index in [2.05, 4.69) is 15.6 Å². The molecular formula is C24H21FN4O2S. The van der Waals surface area contributed by atoms with E-state index in [-0.39, 0.29) is 18.3 Å². The van der Waals surface area contributed by atoms with Crippen molar-refractivity contribution < 1.29 is 14.0 Å². The van der Waals surface area contributed by atoms with Crippen molar-refractivity contribution in [2.75, 3.05) is 16.9 Å². The smallest absolute Gasteiger partial charge is 0.257 e. The quantitative estimate of drug-likeness (QED) is 0.420. The lowest BCUT2D eigenvalue weighted by molar-refractivity contribution is -0.116. The summed E-state index contributed by atoms with van der Waals surface area (Å²) < 4.78 is 15.0. The van der Waals surface area contributed by atoms with Gasteiger partial charge in [-0.25, -0.2) is 9.37 Å². The Morgan fingerprint density at radius 3 is 2.47 bits per heavy atom. The molecule has 2 N–H and O–H groups in total. The number of thioether (sulfide) groups is 1. The zero-order chi connectivity index (χ0) is 22.5. The van der Waals surface area contributed by atoms with Crippen LogP contribution < -0.4 is 10.6 Å². The van der Waals surface area contributed by atoms with E-state index in [1.807, 2.05) is 35.1 Å². The maximum atomic E-state index is 13.1. The fraction of sp³-hybridized carbons (Fsp3) is 0.125. The third-order valence-corrected chi connectivity index (χ3v) is 5.40. The Morgan fingerprint density at radius 2 is 1.69 bits per heavy atom. The SMILES string of the molecule is CSCc1nc2ccccc2n1CC(=O)Nc1ccccc1C(=O)Nc1ccc(F)cc1. The molecule has 6 nitrogen and oxygen atoms in total. The van der Waals surface area contributed by atoms with Crippen LogP contribution >= 0.6 is 11.8 Å². The molecule has 1 heterocycles. The number of fused-ring (bicyclic) bond motifs is 1. The van der Waals surface area contributed by atoms with Gasteiger partial charge in [0.15, 0.2) is 0 Å². The lowest BCUT2D eigenvalue weighted by Gasteiger charge is -2.13. The highest BCUT2D eigenvalue weighted by molar-refractivity contribution is 7.97. The molecule has 0 aliphatic heterocycles. The monoisotopic (exact) mass is 448 g/mol. The van der Waals surface area contributed by atoms with Crippen LogP contribution in [0.3, 0.4) is 0 Å². The number of nitrogens with one attached hydrogen (secondary N) is 2. The minimum Gasteiger partial charge on any atom is -0.324 e. The van der Waals surface area contributed by atoms with Gasteiger partial charge in [-0.05, 0) is 54.8 Å². The van der Waals surface area contributed by atoms with E-state index >= 15 is 0 Å². The maximum Gasteiger partial charge on any atom is 0.257 e. The van der Waals surface area contributed by atoms with Gasteiger partial charge in [0.25, 0.3) is 5.91 Å². The second-order valence-corrected chi connectivity index (χ2v) is 7.96. The summed E-state index contributed by atoms with van der Waals surface area (Å²) in [5.41, 5.74) is 2.89. The Kier molecular flexibility index (Phi) is 6.51. The molecule has 0 spiro atoms. The van der Waals surface area contributed by atoms with Crippen molar-refractivity contribution in [1.29, 1.82) is 0 Å². The number of rotatable bonds is 7. The highest BCUT2D eigenvalue weighted by Gasteiger charge is 2.16. The predicted molar refractivity (Wildman–Crippen MR) is 126 cm³/mol. The highest BCUT2D eigenvalue weighted by Crippen LogP contribution is 2.21. The molecule has 4 aromatic rings. The second kappa shape index (κ2) is 9.65. The Balaban J connectivity index is 1.53. The minimum atomic E-state index is -0.399. The molecule has 0 saturated heterocycles. The van der Waals surface area contributed by atoms with Gasteiger partial charge in [0.1, 0.15) is 18.2 Å². The molecule has 162 valence electrons. The fourth-order valence-corrected chi connectivity index (χ4v) is 3.87. The number of amides is 2. The van der Waals surface area contributed by atoms with E-state index in [0.29, 0.717) is 22.7 Å². The summed E-state index contributed by atoms with van der Waals surface area (Å²) in [4.78, 5) is 30.3. The van der Waals surface area contributed by atoms with Crippen LogP contribution in [0, 0.1) is 5.82 Å². The Bertz CT molecular complexity index is 1270. The van der Waals surface area contributed by atoms with Crippen LogP contribution in [0.1, 0.15) is 16.2 Å². The van der Waals surface area contributed by atoms with E-state index in [1.54, 1.807) is 36.0 Å². The molecule has 0 unspecified atom stereocenters. The summed E-state index contributed by atoms with van der Waals surface area (Å²) in [6.45, 7) is 0.0737. The van der Waals surface area contributed by atoms with E-state index in [1.165, 1.54) is 24.3 Å². The molecule has 0 bridgehead atoms. The zero-order valence-electron chi connectivity index (χ0n) is 17.3. The van der Waals surface area contributed by atoms with Crippen LogP contribution in [-0.2, 0) is 17.1 Å². The average molecular weight is 449 g/mol. The van der Waals surface area contributed by atoms with Crippen LogP contribution in [-0.4, -0.2) is 27.6 Å². The van der Waals surface area contributed by atoms with Gasteiger partial charge in [-0.1, -0.05) is 24.3 Å². The Morgan fingerprint density at radius 1 is 0.969 bits per heavy atom. The minimum absolute atomic E-state index is 0.0737. The average Bonchev–Trinajstić information content (AvgIpc) is 3.13. The molecule has 0 aliphatic rings. The molecule has 3 aromatic carbocycles. The fourth-order valence-electron chi connectivity index (χ4n) is 3.40. The number of benzene rings is 3. The van der Waals surface area contributed by atoms with Gasteiger partial charge >= 0.3 is 0 Å². The normalized spacial score (nSPS) is 10.8. The van der Waals surface area contributed by atoms with Gasteiger partial charge in [-0.15, -0.1) is 0 Å². The van der Waals surface area contributed by atoms with Gasteiger partial charge in [0.05, 0.1) is 28.0 Å². The van der Waals surface area contributed by atoms with Gasteiger partial charge in [-0.3, -0.25) is 9.59 Å². The summed E-state index contributed by atoms with van der Waals surface area (Å²) in [5.74, 6) is 0.444. The number of aromatic nitrogens is 2. The van der Waals surface area contributed by atoms with Crippen LogP contribution in [0.2, 0.25) is 0 Å². The van der Waals surface area contributed by atoms with E-state index in [9.17, 15) is 14.0 Å². The first-order chi connectivity index (χ1) is 15.5. The first kappa shape index (κ1) is 21.6. The first-order valence-electron chi connectivity index (χ1n) is 9.94. The Labute approximate surface area is 188 Å². The molecule has 0 saturated carbocycles. The van der Waals surface area contributed by atoms with Gasteiger partial charge in [-0.2, -0.15) is 11.8 Å². The molecule has 32 heavy (non-hydrogen) atoms. The number of para-hydroxylation sites is 3. The third-order valence-electron chi connectivity index (χ3n) is 4.86. The number of nitrogens with zero attached hydrogens (tertiary/aromatic N) is 2. The highest BCUT2D eigenvalue weighted by atomic mass is 32.2. The number of anilines is 2. The van der Waals surface area contributed by atoms with Crippen molar-refractivity contribution in [2.45, 2.75) is 12.3 Å². The number of hydrogen-bond donors (Lipinski definition) is 2. The van der Waals surface area contributed by atoms with E-state index < -0.39 is 5.91 Å². The van der Waals surface area contributed by atoms with Gasteiger partial charge in [0, 0.05) is 5.69 Å². The van der Waals surface area contributed by atoms with Crippen molar-refractivity contribution in [3.8, 4) is 0 Å².